The maximum atomic E-state index is 11.1. The molecule has 1 heterocycles. The Hall–Kier alpha value is -0.830. The van der Waals surface area contributed by atoms with Crippen molar-refractivity contribution in [3.8, 4) is 0 Å². The minimum absolute atomic E-state index is 0.102. The highest BCUT2D eigenvalue weighted by atomic mass is 35.5. The smallest absolute Gasteiger partial charge is 0.267 e. The van der Waals surface area contributed by atoms with Crippen LogP contribution >= 0.6 is 11.6 Å². The Labute approximate surface area is 69.6 Å². The fourth-order valence-electron chi connectivity index (χ4n) is 0.780. The molecule has 3 nitrogen and oxygen atoms in total. The third-order valence-electron chi connectivity index (χ3n) is 1.43. The predicted molar refractivity (Wildman–Crippen MR) is 43.9 cm³/mol. The van der Waals surface area contributed by atoms with Crippen LogP contribution < -0.4 is 5.56 Å². The maximum absolute atomic E-state index is 11.1. The van der Waals surface area contributed by atoms with Crippen LogP contribution in [-0.4, -0.2) is 9.78 Å². The normalized spacial score (nSPS) is 10.1. The van der Waals surface area contributed by atoms with Crippen LogP contribution in [0, 0.1) is 6.92 Å². The predicted octanol–water partition coefficient (Wildman–Crippen LogP) is 1.23. The van der Waals surface area contributed by atoms with E-state index in [1.165, 1.54) is 10.7 Å². The van der Waals surface area contributed by atoms with E-state index in [0.29, 0.717) is 11.7 Å². The number of hydrogen-bond donors (Lipinski definition) is 0. The van der Waals surface area contributed by atoms with Crippen LogP contribution in [-0.2, 0) is 6.54 Å². The molecule has 0 unspecified atom stereocenters. The second-order valence-corrected chi connectivity index (χ2v) is 2.63. The minimum Gasteiger partial charge on any atom is -0.268 e. The van der Waals surface area contributed by atoms with Gasteiger partial charge in [0.25, 0.3) is 5.56 Å². The highest BCUT2D eigenvalue weighted by Gasteiger charge is 1.99. The second kappa shape index (κ2) is 3.05. The van der Waals surface area contributed by atoms with E-state index in [0.717, 1.165) is 5.56 Å². The molecular formula is C7H9ClN2O. The fourth-order valence-corrected chi connectivity index (χ4v) is 0.926. The molecule has 0 bridgehead atoms. The number of nitrogens with zero attached hydrogens (tertiary/aromatic N) is 2. The van der Waals surface area contributed by atoms with Gasteiger partial charge < -0.3 is 0 Å². The van der Waals surface area contributed by atoms with Crippen molar-refractivity contribution in [3.05, 3.63) is 27.1 Å². The summed E-state index contributed by atoms with van der Waals surface area (Å²) in [5, 5.41) is 4.26. The number of aromatic nitrogens is 2. The molecule has 0 radical (unpaired) electrons. The molecule has 60 valence electrons. The van der Waals surface area contributed by atoms with Crippen LogP contribution in [0.15, 0.2) is 10.9 Å². The fraction of sp³-hybridized carbons (Fsp3) is 0.429. The Morgan fingerprint density at radius 2 is 2.36 bits per heavy atom. The molecule has 0 fully saturated rings. The summed E-state index contributed by atoms with van der Waals surface area (Å²) in [6.07, 6.45) is 0. The molecule has 1 aromatic rings. The SMILES string of the molecule is CCn1nc(Cl)c(C)cc1=O. The van der Waals surface area contributed by atoms with Crippen LogP contribution in [0.1, 0.15) is 12.5 Å². The molecule has 1 aromatic heterocycles. The van der Waals surface area contributed by atoms with Crippen LogP contribution in [0.2, 0.25) is 5.15 Å². The summed E-state index contributed by atoms with van der Waals surface area (Å²) in [5.74, 6) is 0. The molecule has 0 aliphatic rings. The number of hydrogen-bond acceptors (Lipinski definition) is 2. The van der Waals surface area contributed by atoms with Crippen molar-refractivity contribution < 1.29 is 0 Å². The first-order valence-electron chi connectivity index (χ1n) is 3.39. The standard InChI is InChI=1S/C7H9ClN2O/c1-3-10-6(11)4-5(2)7(8)9-10/h4H,3H2,1-2H3. The van der Waals surface area contributed by atoms with Gasteiger partial charge in [-0.05, 0) is 19.4 Å². The van der Waals surface area contributed by atoms with Gasteiger partial charge in [-0.1, -0.05) is 11.6 Å². The van der Waals surface area contributed by atoms with Crippen molar-refractivity contribution in [2.24, 2.45) is 0 Å². The van der Waals surface area contributed by atoms with E-state index in [2.05, 4.69) is 5.10 Å². The third-order valence-corrected chi connectivity index (χ3v) is 1.80. The van der Waals surface area contributed by atoms with Gasteiger partial charge in [0.15, 0.2) is 5.15 Å². The summed E-state index contributed by atoms with van der Waals surface area (Å²) in [6.45, 7) is 4.16. The first-order valence-corrected chi connectivity index (χ1v) is 3.77. The Morgan fingerprint density at radius 1 is 1.73 bits per heavy atom. The number of aryl methyl sites for hydroxylation is 2. The summed E-state index contributed by atoms with van der Waals surface area (Å²) < 4.78 is 1.33. The molecule has 0 saturated heterocycles. The molecule has 0 saturated carbocycles. The Kier molecular flexibility index (Phi) is 2.29. The van der Waals surface area contributed by atoms with E-state index >= 15 is 0 Å². The lowest BCUT2D eigenvalue weighted by molar-refractivity contribution is 0.613. The van der Waals surface area contributed by atoms with Crippen LogP contribution in [0.3, 0.4) is 0 Å². The van der Waals surface area contributed by atoms with Gasteiger partial charge in [-0.25, -0.2) is 4.68 Å². The van der Waals surface area contributed by atoms with E-state index in [1.54, 1.807) is 6.92 Å². The van der Waals surface area contributed by atoms with Crippen LogP contribution in [0.4, 0.5) is 0 Å². The van der Waals surface area contributed by atoms with Gasteiger partial charge in [-0.2, -0.15) is 5.10 Å². The first kappa shape index (κ1) is 8.27. The summed E-state index contributed by atoms with van der Waals surface area (Å²) in [4.78, 5) is 11.1. The van der Waals surface area contributed by atoms with Crippen molar-refractivity contribution in [1.29, 1.82) is 0 Å². The molecule has 0 atom stereocenters. The molecule has 0 N–H and O–H groups in total. The first-order chi connectivity index (χ1) is 5.15. The van der Waals surface area contributed by atoms with E-state index in [9.17, 15) is 4.79 Å². The van der Waals surface area contributed by atoms with Gasteiger partial charge in [0.2, 0.25) is 0 Å². The molecule has 0 amide bonds. The van der Waals surface area contributed by atoms with E-state index in [-0.39, 0.29) is 5.56 Å². The van der Waals surface area contributed by atoms with Gasteiger partial charge in [0.05, 0.1) is 0 Å². The third kappa shape index (κ3) is 1.60. The lowest BCUT2D eigenvalue weighted by Gasteiger charge is -2.01. The average molecular weight is 173 g/mol. The van der Waals surface area contributed by atoms with Crippen LogP contribution in [0.25, 0.3) is 0 Å². The van der Waals surface area contributed by atoms with Crippen molar-refractivity contribution in [3.63, 3.8) is 0 Å². The Balaban J connectivity index is 3.32. The minimum atomic E-state index is -0.102. The Bertz CT molecular complexity index is 319. The summed E-state index contributed by atoms with van der Waals surface area (Å²) in [5.41, 5.74) is 0.621. The van der Waals surface area contributed by atoms with Crippen molar-refractivity contribution in [2.75, 3.05) is 0 Å². The molecule has 0 spiro atoms. The molecular weight excluding hydrogens is 164 g/mol. The zero-order valence-electron chi connectivity index (χ0n) is 6.47. The topological polar surface area (TPSA) is 34.9 Å². The second-order valence-electron chi connectivity index (χ2n) is 2.27. The molecule has 0 aromatic carbocycles. The summed E-state index contributed by atoms with van der Waals surface area (Å²) >= 11 is 5.69. The summed E-state index contributed by atoms with van der Waals surface area (Å²) in [7, 11) is 0. The highest BCUT2D eigenvalue weighted by Crippen LogP contribution is 2.06. The molecule has 0 aliphatic carbocycles. The van der Waals surface area contributed by atoms with Crippen molar-refractivity contribution in [1.82, 2.24) is 9.78 Å². The monoisotopic (exact) mass is 172 g/mol. The average Bonchev–Trinajstić information content (AvgIpc) is 1.97. The molecule has 4 heteroatoms. The van der Waals surface area contributed by atoms with Crippen molar-refractivity contribution in [2.45, 2.75) is 20.4 Å². The van der Waals surface area contributed by atoms with Crippen LogP contribution in [0.5, 0.6) is 0 Å². The zero-order chi connectivity index (χ0) is 8.43. The largest absolute Gasteiger partial charge is 0.268 e. The van der Waals surface area contributed by atoms with Gasteiger partial charge in [-0.15, -0.1) is 0 Å². The van der Waals surface area contributed by atoms with Gasteiger partial charge in [0, 0.05) is 12.6 Å². The Morgan fingerprint density at radius 3 is 2.91 bits per heavy atom. The quantitative estimate of drug-likeness (QED) is 0.639. The van der Waals surface area contributed by atoms with Gasteiger partial charge in [0.1, 0.15) is 0 Å². The van der Waals surface area contributed by atoms with E-state index in [1.807, 2.05) is 6.92 Å². The molecule has 1 rings (SSSR count). The lowest BCUT2D eigenvalue weighted by atomic mass is 10.3. The zero-order valence-corrected chi connectivity index (χ0v) is 7.22. The summed E-state index contributed by atoms with van der Waals surface area (Å²) in [6, 6.07) is 1.48. The number of rotatable bonds is 1. The van der Waals surface area contributed by atoms with Crippen molar-refractivity contribution >= 4 is 11.6 Å². The maximum Gasteiger partial charge on any atom is 0.267 e. The molecule has 11 heavy (non-hydrogen) atoms. The van der Waals surface area contributed by atoms with Gasteiger partial charge in [-0.3, -0.25) is 4.79 Å². The van der Waals surface area contributed by atoms with E-state index < -0.39 is 0 Å². The van der Waals surface area contributed by atoms with Gasteiger partial charge >= 0.3 is 0 Å². The number of halogens is 1. The molecule has 0 aliphatic heterocycles. The lowest BCUT2D eigenvalue weighted by Crippen LogP contribution is -2.21. The van der Waals surface area contributed by atoms with E-state index in [4.69, 9.17) is 11.6 Å². The highest BCUT2D eigenvalue weighted by molar-refractivity contribution is 6.30.